The molecule has 0 aromatic carbocycles. The molecule has 1 N–H and O–H groups in total. The first-order valence-electron chi connectivity index (χ1n) is 4.64. The lowest BCUT2D eigenvalue weighted by Gasteiger charge is -2.27. The zero-order valence-electron chi connectivity index (χ0n) is 7.88. The molecule has 0 radical (unpaired) electrons. The Balaban J connectivity index is 2.21. The minimum atomic E-state index is -0.0331. The molecule has 0 heterocycles. The van der Waals surface area contributed by atoms with Crippen LogP contribution in [0.15, 0.2) is 0 Å². The molecule has 0 spiro atoms. The third-order valence-electron chi connectivity index (χ3n) is 2.49. The fraction of sp³-hybridized carbons (Fsp3) is 0.889. The summed E-state index contributed by atoms with van der Waals surface area (Å²) in [5, 5.41) is 3.73. The Bertz CT molecular complexity index is 169. The molecule has 0 aromatic heterocycles. The van der Waals surface area contributed by atoms with Gasteiger partial charge < -0.3 is 5.32 Å². The quantitative estimate of drug-likeness (QED) is 0.739. The van der Waals surface area contributed by atoms with Crippen molar-refractivity contribution in [3.8, 4) is 0 Å². The van der Waals surface area contributed by atoms with Crippen molar-refractivity contribution in [1.29, 1.82) is 0 Å². The Morgan fingerprint density at radius 3 is 2.54 bits per heavy atom. The molecule has 0 aromatic rings. The zero-order chi connectivity index (χ0) is 9.68. The molecule has 0 aliphatic heterocycles. The van der Waals surface area contributed by atoms with Crippen LogP contribution in [0, 0.1) is 0 Å². The first kappa shape index (κ1) is 11.2. The molecular weight excluding hydrogens is 206 g/mol. The van der Waals surface area contributed by atoms with Crippen molar-refractivity contribution in [2.24, 2.45) is 0 Å². The minimum absolute atomic E-state index is 0.0331. The Hall–Kier alpha value is 0.110. The molecule has 1 fully saturated rings. The number of halogens is 1. The van der Waals surface area contributed by atoms with Crippen molar-refractivity contribution in [3.05, 3.63) is 0 Å². The second kappa shape index (κ2) is 5.76. The number of hydrogen-bond acceptors (Lipinski definition) is 2. The van der Waals surface area contributed by atoms with Crippen LogP contribution in [0.25, 0.3) is 0 Å². The summed E-state index contributed by atoms with van der Waals surface area (Å²) >= 11 is 7.34. The molecule has 1 rings (SSSR count). The Labute approximate surface area is 88.8 Å². The topological polar surface area (TPSA) is 29.1 Å². The van der Waals surface area contributed by atoms with E-state index in [-0.39, 0.29) is 11.8 Å². The van der Waals surface area contributed by atoms with Crippen LogP contribution in [0.3, 0.4) is 0 Å². The molecule has 4 heteroatoms. The molecule has 1 aliphatic rings. The molecule has 2 nitrogen and oxygen atoms in total. The van der Waals surface area contributed by atoms with Gasteiger partial charge in [0.1, 0.15) is 5.88 Å². The Morgan fingerprint density at radius 2 is 2.08 bits per heavy atom. The maximum atomic E-state index is 11.0. The van der Waals surface area contributed by atoms with E-state index < -0.39 is 0 Å². The van der Waals surface area contributed by atoms with Crippen LogP contribution in [-0.2, 0) is 4.79 Å². The number of carbonyl (C=O) groups is 1. The van der Waals surface area contributed by atoms with E-state index in [9.17, 15) is 4.79 Å². The molecule has 0 saturated heterocycles. The molecule has 0 atom stereocenters. The lowest BCUT2D eigenvalue weighted by Crippen LogP contribution is -2.38. The fourth-order valence-electron chi connectivity index (χ4n) is 1.71. The van der Waals surface area contributed by atoms with Gasteiger partial charge in [-0.25, -0.2) is 0 Å². The van der Waals surface area contributed by atoms with Crippen molar-refractivity contribution >= 4 is 29.3 Å². The third kappa shape index (κ3) is 3.77. The summed E-state index contributed by atoms with van der Waals surface area (Å²) in [5.41, 5.74) is 0. The van der Waals surface area contributed by atoms with E-state index in [0.717, 1.165) is 18.1 Å². The Kier molecular flexibility index (Phi) is 4.96. The van der Waals surface area contributed by atoms with Gasteiger partial charge in [-0.15, -0.1) is 11.6 Å². The van der Waals surface area contributed by atoms with Gasteiger partial charge in [-0.2, -0.15) is 11.8 Å². The van der Waals surface area contributed by atoms with Crippen LogP contribution in [-0.4, -0.2) is 29.3 Å². The number of carbonyl (C=O) groups excluding carboxylic acids is 1. The number of hydrogen-bond donors (Lipinski definition) is 1. The summed E-state index contributed by atoms with van der Waals surface area (Å²) < 4.78 is 0. The molecule has 13 heavy (non-hydrogen) atoms. The number of rotatable bonds is 3. The molecule has 0 unspecified atom stereocenters. The highest BCUT2D eigenvalue weighted by atomic mass is 35.5. The SMILES string of the molecule is CSC1CCC(NC(=O)CCl)CC1. The second-order valence-corrected chi connectivity index (χ2v) is 4.82. The van der Waals surface area contributed by atoms with Gasteiger partial charge in [0, 0.05) is 11.3 Å². The van der Waals surface area contributed by atoms with Gasteiger partial charge in [-0.05, 0) is 31.9 Å². The zero-order valence-corrected chi connectivity index (χ0v) is 9.46. The lowest BCUT2D eigenvalue weighted by molar-refractivity contribution is -0.119. The van der Waals surface area contributed by atoms with Crippen molar-refractivity contribution in [2.45, 2.75) is 37.0 Å². The van der Waals surface area contributed by atoms with E-state index in [4.69, 9.17) is 11.6 Å². The monoisotopic (exact) mass is 221 g/mol. The predicted molar refractivity (Wildman–Crippen MR) is 58.4 cm³/mol. The number of amides is 1. The van der Waals surface area contributed by atoms with E-state index in [1.807, 2.05) is 11.8 Å². The minimum Gasteiger partial charge on any atom is -0.352 e. The first-order chi connectivity index (χ1) is 6.26. The van der Waals surface area contributed by atoms with Crippen molar-refractivity contribution in [1.82, 2.24) is 5.32 Å². The van der Waals surface area contributed by atoms with E-state index in [2.05, 4.69) is 11.6 Å². The maximum Gasteiger partial charge on any atom is 0.235 e. The average Bonchev–Trinajstić information content (AvgIpc) is 2.19. The largest absolute Gasteiger partial charge is 0.352 e. The van der Waals surface area contributed by atoms with Crippen molar-refractivity contribution in [2.75, 3.05) is 12.1 Å². The molecule has 1 saturated carbocycles. The smallest absolute Gasteiger partial charge is 0.235 e. The highest BCUT2D eigenvalue weighted by Crippen LogP contribution is 2.26. The first-order valence-corrected chi connectivity index (χ1v) is 6.46. The van der Waals surface area contributed by atoms with Gasteiger partial charge in [-0.3, -0.25) is 4.79 Å². The van der Waals surface area contributed by atoms with E-state index >= 15 is 0 Å². The average molecular weight is 222 g/mol. The number of alkyl halides is 1. The van der Waals surface area contributed by atoms with Gasteiger partial charge in [0.05, 0.1) is 0 Å². The fourth-order valence-corrected chi connectivity index (χ4v) is 2.53. The van der Waals surface area contributed by atoms with Gasteiger partial charge in [0.15, 0.2) is 0 Å². The van der Waals surface area contributed by atoms with Crippen LogP contribution in [0.4, 0.5) is 0 Å². The normalized spacial score (nSPS) is 28.5. The summed E-state index contributed by atoms with van der Waals surface area (Å²) in [6.07, 6.45) is 6.80. The van der Waals surface area contributed by atoms with Gasteiger partial charge in [0.25, 0.3) is 0 Å². The maximum absolute atomic E-state index is 11.0. The van der Waals surface area contributed by atoms with Gasteiger partial charge in [0.2, 0.25) is 5.91 Å². The second-order valence-electron chi connectivity index (χ2n) is 3.41. The summed E-state index contributed by atoms with van der Waals surface area (Å²) in [7, 11) is 0. The van der Waals surface area contributed by atoms with Gasteiger partial charge in [-0.1, -0.05) is 0 Å². The standard InChI is InChI=1S/C9H16ClNOS/c1-13-8-4-2-7(3-5-8)11-9(12)6-10/h7-8H,2-6H2,1H3,(H,11,12). The summed E-state index contributed by atoms with van der Waals surface area (Å²) in [4.78, 5) is 11.0. The van der Waals surface area contributed by atoms with Crippen LogP contribution in [0.1, 0.15) is 25.7 Å². The highest BCUT2D eigenvalue weighted by Gasteiger charge is 2.21. The van der Waals surface area contributed by atoms with Crippen molar-refractivity contribution < 1.29 is 4.79 Å². The molecule has 0 bridgehead atoms. The molecule has 1 amide bonds. The molecule has 1 aliphatic carbocycles. The van der Waals surface area contributed by atoms with Crippen LogP contribution < -0.4 is 5.32 Å². The Morgan fingerprint density at radius 1 is 1.46 bits per heavy atom. The van der Waals surface area contributed by atoms with Crippen LogP contribution >= 0.6 is 23.4 Å². The molecule has 76 valence electrons. The summed E-state index contributed by atoms with van der Waals surface area (Å²) in [6.45, 7) is 0. The number of thioether (sulfide) groups is 1. The molecular formula is C9H16ClNOS. The van der Waals surface area contributed by atoms with Crippen LogP contribution in [0.2, 0.25) is 0 Å². The van der Waals surface area contributed by atoms with E-state index in [0.29, 0.717) is 6.04 Å². The predicted octanol–water partition coefficient (Wildman–Crippen LogP) is 2.02. The van der Waals surface area contributed by atoms with E-state index in [1.54, 1.807) is 0 Å². The van der Waals surface area contributed by atoms with Gasteiger partial charge >= 0.3 is 0 Å². The van der Waals surface area contributed by atoms with Crippen molar-refractivity contribution in [3.63, 3.8) is 0 Å². The highest BCUT2D eigenvalue weighted by molar-refractivity contribution is 7.99. The lowest BCUT2D eigenvalue weighted by atomic mass is 9.95. The van der Waals surface area contributed by atoms with E-state index in [1.165, 1.54) is 12.8 Å². The van der Waals surface area contributed by atoms with Crippen LogP contribution in [0.5, 0.6) is 0 Å². The third-order valence-corrected chi connectivity index (χ3v) is 3.87. The number of nitrogens with one attached hydrogen (secondary N) is 1. The summed E-state index contributed by atoms with van der Waals surface area (Å²) in [5.74, 6) is 0.0527. The summed E-state index contributed by atoms with van der Waals surface area (Å²) in [6, 6.07) is 0.370.